The molecule has 0 saturated heterocycles. The van der Waals surface area contributed by atoms with Gasteiger partial charge in [0.15, 0.2) is 0 Å². The molecule has 0 amide bonds. The molecule has 0 fully saturated rings. The standard InChI is InChI=1S/C8H16O.Li.H/c1-3-5-6-8(4-2)7-9;;/h7-8H,3-6H2,1-2H3;;. The molecule has 1 unspecified atom stereocenters. The van der Waals surface area contributed by atoms with E-state index >= 15 is 0 Å². The number of hydrogen-bond acceptors (Lipinski definition) is 1. The van der Waals surface area contributed by atoms with E-state index in [9.17, 15) is 4.79 Å². The van der Waals surface area contributed by atoms with Crippen LogP contribution >= 0.6 is 0 Å². The second-order valence-corrected chi connectivity index (χ2v) is 2.45. The van der Waals surface area contributed by atoms with Crippen LogP contribution < -0.4 is 0 Å². The maximum atomic E-state index is 10.2. The van der Waals surface area contributed by atoms with Gasteiger partial charge >= 0.3 is 18.9 Å². The molecule has 0 aromatic rings. The normalized spacial score (nSPS) is 11.8. The van der Waals surface area contributed by atoms with Crippen LogP contribution in [0.2, 0.25) is 0 Å². The number of hydrogen-bond donors (Lipinski definition) is 0. The summed E-state index contributed by atoms with van der Waals surface area (Å²) in [7, 11) is 0. The van der Waals surface area contributed by atoms with Gasteiger partial charge in [-0.05, 0) is 12.8 Å². The van der Waals surface area contributed by atoms with E-state index in [4.69, 9.17) is 0 Å². The van der Waals surface area contributed by atoms with Crippen molar-refractivity contribution in [2.24, 2.45) is 5.92 Å². The van der Waals surface area contributed by atoms with E-state index in [1.165, 1.54) is 12.8 Å². The first-order valence-corrected chi connectivity index (χ1v) is 3.80. The van der Waals surface area contributed by atoms with Gasteiger partial charge in [-0.15, -0.1) is 0 Å². The number of unbranched alkanes of at least 4 members (excludes halogenated alkanes) is 1. The Bertz CT molecular complexity index is 73.7. The van der Waals surface area contributed by atoms with Crippen molar-refractivity contribution in [1.29, 1.82) is 0 Å². The first-order chi connectivity index (χ1) is 4.35. The van der Waals surface area contributed by atoms with Crippen LogP contribution in [0.15, 0.2) is 0 Å². The average Bonchev–Trinajstić information content (AvgIpc) is 1.91. The number of aldehydes is 1. The fraction of sp³-hybridized carbons (Fsp3) is 0.875. The van der Waals surface area contributed by atoms with Gasteiger partial charge < -0.3 is 4.79 Å². The molecule has 2 heteroatoms. The SMILES string of the molecule is CCCCC(C=O)CC.[LiH]. The van der Waals surface area contributed by atoms with Gasteiger partial charge in [-0.3, -0.25) is 0 Å². The Balaban J connectivity index is 0. The molecule has 0 saturated carbocycles. The number of rotatable bonds is 5. The molecule has 0 bridgehead atoms. The Kier molecular flexibility index (Phi) is 12.0. The Labute approximate surface area is 75.8 Å². The van der Waals surface area contributed by atoms with Crippen LogP contribution in [0, 0.1) is 5.92 Å². The first kappa shape index (κ1) is 12.9. The molecule has 0 N–H and O–H groups in total. The molecular formula is C8H17LiO. The molecule has 56 valence electrons. The summed E-state index contributed by atoms with van der Waals surface area (Å²) in [5, 5.41) is 0. The van der Waals surface area contributed by atoms with Crippen molar-refractivity contribution < 1.29 is 4.79 Å². The molecule has 0 aliphatic rings. The zero-order chi connectivity index (χ0) is 7.11. The summed E-state index contributed by atoms with van der Waals surface area (Å²) in [4.78, 5) is 10.2. The Morgan fingerprint density at radius 3 is 2.30 bits per heavy atom. The summed E-state index contributed by atoms with van der Waals surface area (Å²) < 4.78 is 0. The molecule has 0 radical (unpaired) electrons. The van der Waals surface area contributed by atoms with Gasteiger partial charge in [0, 0.05) is 5.92 Å². The minimum atomic E-state index is 0. The van der Waals surface area contributed by atoms with Crippen LogP contribution in [0.25, 0.3) is 0 Å². The van der Waals surface area contributed by atoms with E-state index in [2.05, 4.69) is 13.8 Å². The predicted octanol–water partition coefficient (Wildman–Crippen LogP) is 1.75. The van der Waals surface area contributed by atoms with Crippen molar-refractivity contribution in [2.75, 3.05) is 0 Å². The molecule has 1 nitrogen and oxygen atoms in total. The first-order valence-electron chi connectivity index (χ1n) is 3.80. The summed E-state index contributed by atoms with van der Waals surface area (Å²) in [5.41, 5.74) is 0. The molecule has 0 spiro atoms. The van der Waals surface area contributed by atoms with Crippen molar-refractivity contribution in [1.82, 2.24) is 0 Å². The third-order valence-corrected chi connectivity index (χ3v) is 1.65. The van der Waals surface area contributed by atoms with Crippen LogP contribution in [0.4, 0.5) is 0 Å². The van der Waals surface area contributed by atoms with Crippen LogP contribution in [0.5, 0.6) is 0 Å². The van der Waals surface area contributed by atoms with Crippen LogP contribution in [0.3, 0.4) is 0 Å². The molecule has 0 heterocycles. The Morgan fingerprint density at radius 1 is 1.40 bits per heavy atom. The van der Waals surface area contributed by atoms with Gasteiger partial charge in [0.1, 0.15) is 6.29 Å². The molecular weight excluding hydrogens is 119 g/mol. The third-order valence-electron chi connectivity index (χ3n) is 1.65. The average molecular weight is 136 g/mol. The van der Waals surface area contributed by atoms with Gasteiger partial charge in [-0.1, -0.05) is 26.7 Å². The maximum absolute atomic E-state index is 10.2. The molecule has 1 atom stereocenters. The van der Waals surface area contributed by atoms with E-state index in [0.717, 1.165) is 19.1 Å². The molecule has 0 aromatic carbocycles. The quantitative estimate of drug-likeness (QED) is 0.415. The van der Waals surface area contributed by atoms with E-state index in [-0.39, 0.29) is 18.9 Å². The van der Waals surface area contributed by atoms with Crippen molar-refractivity contribution in [3.63, 3.8) is 0 Å². The summed E-state index contributed by atoms with van der Waals surface area (Å²) in [6, 6.07) is 0. The van der Waals surface area contributed by atoms with Gasteiger partial charge in [0.2, 0.25) is 0 Å². The van der Waals surface area contributed by atoms with Gasteiger partial charge in [-0.2, -0.15) is 0 Å². The third kappa shape index (κ3) is 6.39. The summed E-state index contributed by atoms with van der Waals surface area (Å²) >= 11 is 0. The summed E-state index contributed by atoms with van der Waals surface area (Å²) in [6.07, 6.45) is 5.55. The number of carbonyl (C=O) groups is 1. The fourth-order valence-electron chi connectivity index (χ4n) is 0.835. The Hall–Kier alpha value is 0.267. The van der Waals surface area contributed by atoms with Crippen LogP contribution in [-0.4, -0.2) is 25.1 Å². The van der Waals surface area contributed by atoms with Crippen LogP contribution in [-0.2, 0) is 4.79 Å². The summed E-state index contributed by atoms with van der Waals surface area (Å²) in [6.45, 7) is 4.21. The second-order valence-electron chi connectivity index (χ2n) is 2.45. The topological polar surface area (TPSA) is 17.1 Å². The van der Waals surface area contributed by atoms with E-state index in [1.807, 2.05) is 0 Å². The fourth-order valence-corrected chi connectivity index (χ4v) is 0.835. The minimum absolute atomic E-state index is 0. The van der Waals surface area contributed by atoms with Crippen molar-refractivity contribution in [3.8, 4) is 0 Å². The predicted molar refractivity (Wildman–Crippen MR) is 46.5 cm³/mol. The molecule has 10 heavy (non-hydrogen) atoms. The van der Waals surface area contributed by atoms with Gasteiger partial charge in [0.25, 0.3) is 0 Å². The zero-order valence-electron chi connectivity index (χ0n) is 6.39. The van der Waals surface area contributed by atoms with E-state index in [1.54, 1.807) is 0 Å². The Morgan fingerprint density at radius 2 is 2.00 bits per heavy atom. The van der Waals surface area contributed by atoms with Crippen molar-refractivity contribution >= 4 is 25.1 Å². The van der Waals surface area contributed by atoms with Crippen molar-refractivity contribution in [3.05, 3.63) is 0 Å². The van der Waals surface area contributed by atoms with E-state index in [0.29, 0.717) is 5.92 Å². The van der Waals surface area contributed by atoms with Gasteiger partial charge in [-0.25, -0.2) is 0 Å². The van der Waals surface area contributed by atoms with Crippen molar-refractivity contribution in [2.45, 2.75) is 39.5 Å². The second kappa shape index (κ2) is 9.27. The zero-order valence-corrected chi connectivity index (χ0v) is 6.39. The molecule has 0 rings (SSSR count). The van der Waals surface area contributed by atoms with Gasteiger partial charge in [0.05, 0.1) is 0 Å². The molecule has 0 aliphatic heterocycles. The van der Waals surface area contributed by atoms with Crippen LogP contribution in [0.1, 0.15) is 39.5 Å². The summed E-state index contributed by atoms with van der Waals surface area (Å²) in [5.74, 6) is 0.324. The monoisotopic (exact) mass is 136 g/mol. The number of carbonyl (C=O) groups excluding carboxylic acids is 1. The van der Waals surface area contributed by atoms with E-state index < -0.39 is 0 Å². The molecule has 0 aliphatic carbocycles. The molecule has 0 aromatic heterocycles.